The minimum absolute atomic E-state index is 0.140. The zero-order chi connectivity index (χ0) is 13.9. The van der Waals surface area contributed by atoms with E-state index < -0.39 is 0 Å². The lowest BCUT2D eigenvalue weighted by Gasteiger charge is -2.44. The van der Waals surface area contributed by atoms with Crippen LogP contribution in [-0.2, 0) is 9.53 Å². The first-order valence-corrected chi connectivity index (χ1v) is 8.16. The standard InChI is InChI=1S/C15H27N3O2/c1-2-20-13-10-12(11-13)18-7-3-4-14(18)15(19)17-8-5-16-6-9-17/h12-14,16H,2-11H2,1H3. The van der Waals surface area contributed by atoms with Gasteiger partial charge in [-0.15, -0.1) is 0 Å². The van der Waals surface area contributed by atoms with Gasteiger partial charge in [0.15, 0.2) is 0 Å². The van der Waals surface area contributed by atoms with Crippen LogP contribution in [0.3, 0.4) is 0 Å². The van der Waals surface area contributed by atoms with Crippen LogP contribution in [0.5, 0.6) is 0 Å². The van der Waals surface area contributed by atoms with Crippen LogP contribution in [0.2, 0.25) is 0 Å². The first-order valence-electron chi connectivity index (χ1n) is 8.16. The Labute approximate surface area is 121 Å². The average molecular weight is 281 g/mol. The fourth-order valence-electron chi connectivity index (χ4n) is 3.77. The van der Waals surface area contributed by atoms with Crippen molar-refractivity contribution in [3.8, 4) is 0 Å². The van der Waals surface area contributed by atoms with Gasteiger partial charge in [0, 0.05) is 38.8 Å². The maximum Gasteiger partial charge on any atom is 0.240 e. The summed E-state index contributed by atoms with van der Waals surface area (Å²) in [6.07, 6.45) is 4.86. The third-order valence-corrected chi connectivity index (χ3v) is 4.95. The van der Waals surface area contributed by atoms with Crippen molar-refractivity contribution in [3.05, 3.63) is 0 Å². The molecule has 2 saturated heterocycles. The first-order chi connectivity index (χ1) is 9.79. The Bertz CT molecular complexity index is 338. The van der Waals surface area contributed by atoms with Gasteiger partial charge in [0.1, 0.15) is 0 Å². The molecule has 0 bridgehead atoms. The number of carbonyl (C=O) groups excluding carboxylic acids is 1. The number of ether oxygens (including phenoxy) is 1. The summed E-state index contributed by atoms with van der Waals surface area (Å²) < 4.78 is 5.65. The third-order valence-electron chi connectivity index (χ3n) is 4.95. The number of nitrogens with zero attached hydrogens (tertiary/aromatic N) is 2. The van der Waals surface area contributed by atoms with Crippen LogP contribution in [0.25, 0.3) is 0 Å². The molecule has 3 fully saturated rings. The maximum absolute atomic E-state index is 12.7. The molecule has 0 radical (unpaired) electrons. The van der Waals surface area contributed by atoms with Crippen molar-refractivity contribution in [1.82, 2.24) is 15.1 Å². The zero-order valence-corrected chi connectivity index (χ0v) is 12.5. The largest absolute Gasteiger partial charge is 0.378 e. The molecule has 1 N–H and O–H groups in total. The Balaban J connectivity index is 1.54. The summed E-state index contributed by atoms with van der Waals surface area (Å²) in [4.78, 5) is 17.2. The van der Waals surface area contributed by atoms with E-state index in [2.05, 4.69) is 22.0 Å². The van der Waals surface area contributed by atoms with Crippen molar-refractivity contribution in [3.63, 3.8) is 0 Å². The normalized spacial score (nSPS) is 35.0. The highest BCUT2D eigenvalue weighted by Crippen LogP contribution is 2.34. The van der Waals surface area contributed by atoms with Gasteiger partial charge < -0.3 is 15.0 Å². The van der Waals surface area contributed by atoms with E-state index in [1.165, 1.54) is 0 Å². The topological polar surface area (TPSA) is 44.8 Å². The molecular formula is C15H27N3O2. The number of nitrogens with one attached hydrogen (secondary N) is 1. The highest BCUT2D eigenvalue weighted by Gasteiger charge is 2.42. The van der Waals surface area contributed by atoms with Crippen molar-refractivity contribution >= 4 is 5.91 Å². The second kappa shape index (κ2) is 6.41. The highest BCUT2D eigenvalue weighted by atomic mass is 16.5. The van der Waals surface area contributed by atoms with Crippen LogP contribution in [0.15, 0.2) is 0 Å². The lowest BCUT2D eigenvalue weighted by molar-refractivity contribution is -0.139. The molecule has 5 heteroatoms. The van der Waals surface area contributed by atoms with Crippen LogP contribution in [0, 0.1) is 0 Å². The quantitative estimate of drug-likeness (QED) is 0.813. The molecule has 3 aliphatic rings. The molecule has 1 atom stereocenters. The van der Waals surface area contributed by atoms with Crippen molar-refractivity contribution in [2.75, 3.05) is 39.3 Å². The van der Waals surface area contributed by atoms with Gasteiger partial charge >= 0.3 is 0 Å². The number of carbonyl (C=O) groups is 1. The van der Waals surface area contributed by atoms with E-state index in [1.807, 2.05) is 0 Å². The second-order valence-electron chi connectivity index (χ2n) is 6.17. The Morgan fingerprint density at radius 1 is 1.25 bits per heavy atom. The maximum atomic E-state index is 12.7. The summed E-state index contributed by atoms with van der Waals surface area (Å²) in [6.45, 7) is 7.57. The number of piperazine rings is 1. The predicted molar refractivity (Wildman–Crippen MR) is 77.6 cm³/mol. The number of rotatable bonds is 4. The molecule has 0 aromatic rings. The average Bonchev–Trinajstić information content (AvgIpc) is 2.91. The van der Waals surface area contributed by atoms with E-state index >= 15 is 0 Å². The summed E-state index contributed by atoms with van der Waals surface area (Å²) >= 11 is 0. The van der Waals surface area contributed by atoms with Gasteiger partial charge in [-0.1, -0.05) is 0 Å². The van der Waals surface area contributed by atoms with Crippen molar-refractivity contribution in [2.24, 2.45) is 0 Å². The summed E-state index contributed by atoms with van der Waals surface area (Å²) in [5.41, 5.74) is 0. The zero-order valence-electron chi connectivity index (χ0n) is 12.5. The lowest BCUT2D eigenvalue weighted by atomic mass is 9.87. The summed E-state index contributed by atoms with van der Waals surface area (Å²) in [7, 11) is 0. The van der Waals surface area contributed by atoms with Gasteiger partial charge in [-0.05, 0) is 39.2 Å². The number of amides is 1. The number of hydrogen-bond donors (Lipinski definition) is 1. The van der Waals surface area contributed by atoms with Crippen LogP contribution < -0.4 is 5.32 Å². The SMILES string of the molecule is CCOC1CC(N2CCCC2C(=O)N2CCNCC2)C1. The smallest absolute Gasteiger partial charge is 0.240 e. The minimum Gasteiger partial charge on any atom is -0.378 e. The molecule has 0 aromatic heterocycles. The third kappa shape index (κ3) is 2.85. The molecular weight excluding hydrogens is 254 g/mol. The fraction of sp³-hybridized carbons (Fsp3) is 0.933. The molecule has 20 heavy (non-hydrogen) atoms. The molecule has 0 aromatic carbocycles. The van der Waals surface area contributed by atoms with Gasteiger partial charge in [-0.25, -0.2) is 0 Å². The second-order valence-corrected chi connectivity index (χ2v) is 6.17. The lowest BCUT2D eigenvalue weighted by Crippen LogP contribution is -2.57. The van der Waals surface area contributed by atoms with Crippen LogP contribution in [0.1, 0.15) is 32.6 Å². The molecule has 1 unspecified atom stereocenters. The predicted octanol–water partition coefficient (Wildman–Crippen LogP) is 0.450. The van der Waals surface area contributed by atoms with Gasteiger partial charge in [0.05, 0.1) is 12.1 Å². The Hall–Kier alpha value is -0.650. The van der Waals surface area contributed by atoms with E-state index in [1.54, 1.807) is 0 Å². The Kier molecular flexibility index (Phi) is 4.58. The van der Waals surface area contributed by atoms with E-state index in [4.69, 9.17) is 4.74 Å². The molecule has 2 aliphatic heterocycles. The highest BCUT2D eigenvalue weighted by molar-refractivity contribution is 5.82. The van der Waals surface area contributed by atoms with E-state index in [0.717, 1.165) is 65.0 Å². The molecule has 5 nitrogen and oxygen atoms in total. The molecule has 3 rings (SSSR count). The summed E-state index contributed by atoms with van der Waals surface area (Å²) in [5.74, 6) is 0.365. The van der Waals surface area contributed by atoms with Crippen molar-refractivity contribution in [1.29, 1.82) is 0 Å². The van der Waals surface area contributed by atoms with E-state index in [-0.39, 0.29) is 6.04 Å². The van der Waals surface area contributed by atoms with Gasteiger partial charge in [0.25, 0.3) is 0 Å². The molecule has 0 spiro atoms. The molecule has 1 amide bonds. The number of likely N-dealkylation sites (tertiary alicyclic amines) is 1. The monoisotopic (exact) mass is 281 g/mol. The van der Waals surface area contributed by atoms with Crippen molar-refractivity contribution < 1.29 is 9.53 Å². The van der Waals surface area contributed by atoms with Crippen LogP contribution in [-0.4, -0.2) is 73.2 Å². The molecule has 114 valence electrons. The van der Waals surface area contributed by atoms with E-state index in [0.29, 0.717) is 18.1 Å². The molecule has 1 saturated carbocycles. The summed E-state index contributed by atoms with van der Waals surface area (Å²) in [6, 6.07) is 0.714. The van der Waals surface area contributed by atoms with Gasteiger partial charge in [-0.2, -0.15) is 0 Å². The Morgan fingerprint density at radius 3 is 2.70 bits per heavy atom. The van der Waals surface area contributed by atoms with Gasteiger partial charge in [0.2, 0.25) is 5.91 Å². The number of hydrogen-bond acceptors (Lipinski definition) is 4. The molecule has 1 aliphatic carbocycles. The molecule has 2 heterocycles. The van der Waals surface area contributed by atoms with Crippen molar-refractivity contribution in [2.45, 2.75) is 50.8 Å². The van der Waals surface area contributed by atoms with Crippen LogP contribution >= 0.6 is 0 Å². The van der Waals surface area contributed by atoms with E-state index in [9.17, 15) is 4.79 Å². The fourth-order valence-corrected chi connectivity index (χ4v) is 3.77. The van der Waals surface area contributed by atoms with Crippen LogP contribution in [0.4, 0.5) is 0 Å². The Morgan fingerprint density at radius 2 is 2.00 bits per heavy atom. The minimum atomic E-state index is 0.140. The summed E-state index contributed by atoms with van der Waals surface area (Å²) in [5, 5.41) is 3.31. The first kappa shape index (κ1) is 14.3. The van der Waals surface area contributed by atoms with Gasteiger partial charge in [-0.3, -0.25) is 9.69 Å².